The molecule has 0 aliphatic rings. The number of rotatable bonds is 3. The SMILES string of the molecule is Cl.NCc1cnn(Cc2ccc(F)cc2F)c1. The van der Waals surface area contributed by atoms with Crippen molar-refractivity contribution < 1.29 is 8.78 Å². The summed E-state index contributed by atoms with van der Waals surface area (Å²) in [7, 11) is 0. The lowest BCUT2D eigenvalue weighted by molar-refractivity contribution is 0.558. The van der Waals surface area contributed by atoms with Gasteiger partial charge >= 0.3 is 0 Å². The molecule has 0 unspecified atom stereocenters. The summed E-state index contributed by atoms with van der Waals surface area (Å²) in [5, 5.41) is 4.02. The summed E-state index contributed by atoms with van der Waals surface area (Å²) in [5.41, 5.74) is 6.70. The maximum absolute atomic E-state index is 13.3. The molecule has 1 aromatic heterocycles. The Balaban J connectivity index is 0.00000144. The van der Waals surface area contributed by atoms with Crippen LogP contribution >= 0.6 is 12.4 Å². The van der Waals surface area contributed by atoms with Crippen molar-refractivity contribution in [1.82, 2.24) is 9.78 Å². The highest BCUT2D eigenvalue weighted by Crippen LogP contribution is 2.11. The van der Waals surface area contributed by atoms with Crippen molar-refractivity contribution in [3.05, 3.63) is 53.4 Å². The number of hydrogen-bond acceptors (Lipinski definition) is 2. The van der Waals surface area contributed by atoms with Crippen LogP contribution in [0.3, 0.4) is 0 Å². The number of halogens is 3. The molecule has 1 aromatic carbocycles. The predicted molar refractivity (Wildman–Crippen MR) is 62.8 cm³/mol. The average Bonchev–Trinajstić information content (AvgIpc) is 2.70. The molecule has 2 N–H and O–H groups in total. The van der Waals surface area contributed by atoms with Crippen molar-refractivity contribution in [2.75, 3.05) is 0 Å². The van der Waals surface area contributed by atoms with Gasteiger partial charge in [-0.15, -0.1) is 12.4 Å². The number of nitrogens with zero attached hydrogens (tertiary/aromatic N) is 2. The van der Waals surface area contributed by atoms with Gasteiger partial charge in [0.1, 0.15) is 11.6 Å². The van der Waals surface area contributed by atoms with E-state index in [0.29, 0.717) is 12.1 Å². The standard InChI is InChI=1S/C11H11F2N3.ClH/c12-10-2-1-9(11(13)3-10)7-16-6-8(4-14)5-15-16;/h1-3,5-6H,4,7,14H2;1H. The molecule has 1 heterocycles. The highest BCUT2D eigenvalue weighted by molar-refractivity contribution is 5.85. The van der Waals surface area contributed by atoms with E-state index in [9.17, 15) is 8.78 Å². The van der Waals surface area contributed by atoms with Crippen molar-refractivity contribution >= 4 is 12.4 Å². The normalized spacial score (nSPS) is 10.1. The topological polar surface area (TPSA) is 43.8 Å². The molecular formula is C11H12ClF2N3. The van der Waals surface area contributed by atoms with Gasteiger partial charge in [-0.25, -0.2) is 8.78 Å². The molecule has 0 aliphatic carbocycles. The van der Waals surface area contributed by atoms with Crippen LogP contribution in [0.15, 0.2) is 30.6 Å². The third-order valence-electron chi connectivity index (χ3n) is 2.27. The molecule has 0 atom stereocenters. The molecule has 0 amide bonds. The van der Waals surface area contributed by atoms with Crippen molar-refractivity contribution in [3.8, 4) is 0 Å². The van der Waals surface area contributed by atoms with E-state index in [2.05, 4.69) is 5.10 Å². The van der Waals surface area contributed by atoms with E-state index in [1.807, 2.05) is 0 Å². The molecule has 2 aromatic rings. The third kappa shape index (κ3) is 3.25. The van der Waals surface area contributed by atoms with Crippen LogP contribution in [0.4, 0.5) is 8.78 Å². The first-order valence-electron chi connectivity index (χ1n) is 4.84. The Labute approximate surface area is 104 Å². The summed E-state index contributed by atoms with van der Waals surface area (Å²) in [6, 6.07) is 3.50. The van der Waals surface area contributed by atoms with E-state index in [1.165, 1.54) is 12.1 Å². The molecule has 0 bridgehead atoms. The number of aromatic nitrogens is 2. The fourth-order valence-electron chi connectivity index (χ4n) is 1.42. The summed E-state index contributed by atoms with van der Waals surface area (Å²) < 4.78 is 27.6. The van der Waals surface area contributed by atoms with E-state index < -0.39 is 11.6 Å². The lowest BCUT2D eigenvalue weighted by Gasteiger charge is -2.03. The predicted octanol–water partition coefficient (Wildman–Crippen LogP) is 2.09. The Bertz CT molecular complexity index is 499. The zero-order valence-electron chi connectivity index (χ0n) is 8.94. The van der Waals surface area contributed by atoms with Gasteiger partial charge in [0.15, 0.2) is 0 Å². The summed E-state index contributed by atoms with van der Waals surface area (Å²) in [6.07, 6.45) is 3.37. The van der Waals surface area contributed by atoms with Gasteiger partial charge in [-0.1, -0.05) is 6.07 Å². The Morgan fingerprint density at radius 3 is 2.65 bits per heavy atom. The molecular weight excluding hydrogens is 248 g/mol. The van der Waals surface area contributed by atoms with Crippen LogP contribution in [0.5, 0.6) is 0 Å². The Hall–Kier alpha value is -1.46. The Morgan fingerprint density at radius 1 is 1.29 bits per heavy atom. The van der Waals surface area contributed by atoms with Crippen LogP contribution < -0.4 is 5.73 Å². The second kappa shape index (κ2) is 5.75. The van der Waals surface area contributed by atoms with Gasteiger partial charge in [0.05, 0.1) is 12.7 Å². The van der Waals surface area contributed by atoms with E-state index in [0.717, 1.165) is 11.6 Å². The highest BCUT2D eigenvalue weighted by Gasteiger charge is 2.05. The van der Waals surface area contributed by atoms with Gasteiger partial charge in [-0.2, -0.15) is 5.10 Å². The summed E-state index contributed by atoms with van der Waals surface area (Å²) in [4.78, 5) is 0. The molecule has 0 saturated carbocycles. The van der Waals surface area contributed by atoms with Crippen LogP contribution in [0.1, 0.15) is 11.1 Å². The molecule has 2 rings (SSSR count). The molecule has 92 valence electrons. The lowest BCUT2D eigenvalue weighted by atomic mass is 10.2. The monoisotopic (exact) mass is 259 g/mol. The van der Waals surface area contributed by atoms with Crippen molar-refractivity contribution in [3.63, 3.8) is 0 Å². The number of hydrogen-bond donors (Lipinski definition) is 1. The minimum Gasteiger partial charge on any atom is -0.326 e. The van der Waals surface area contributed by atoms with E-state index in [4.69, 9.17) is 5.73 Å². The fraction of sp³-hybridized carbons (Fsp3) is 0.182. The van der Waals surface area contributed by atoms with Crippen molar-refractivity contribution in [2.45, 2.75) is 13.1 Å². The van der Waals surface area contributed by atoms with Gasteiger partial charge in [-0.3, -0.25) is 4.68 Å². The zero-order valence-corrected chi connectivity index (χ0v) is 9.75. The minimum atomic E-state index is -0.579. The molecule has 0 radical (unpaired) electrons. The summed E-state index contributed by atoms with van der Waals surface area (Å²) in [5.74, 6) is -1.14. The van der Waals surface area contributed by atoms with E-state index >= 15 is 0 Å². The first-order chi connectivity index (χ1) is 7.69. The molecule has 0 saturated heterocycles. The Kier molecular flexibility index (Phi) is 4.60. The largest absolute Gasteiger partial charge is 0.326 e. The second-order valence-corrected chi connectivity index (χ2v) is 3.49. The van der Waals surface area contributed by atoms with Gasteiger partial charge in [0, 0.05) is 29.9 Å². The van der Waals surface area contributed by atoms with E-state index in [-0.39, 0.29) is 19.0 Å². The average molecular weight is 260 g/mol. The third-order valence-corrected chi connectivity index (χ3v) is 2.27. The maximum atomic E-state index is 13.3. The van der Waals surface area contributed by atoms with Gasteiger partial charge in [-0.05, 0) is 6.07 Å². The van der Waals surface area contributed by atoms with Crippen LogP contribution in [0.2, 0.25) is 0 Å². The fourth-order valence-corrected chi connectivity index (χ4v) is 1.42. The molecule has 0 aliphatic heterocycles. The number of benzene rings is 1. The molecule has 3 nitrogen and oxygen atoms in total. The maximum Gasteiger partial charge on any atom is 0.131 e. The van der Waals surface area contributed by atoms with Crippen LogP contribution in [-0.2, 0) is 13.1 Å². The number of nitrogens with two attached hydrogens (primary N) is 1. The quantitative estimate of drug-likeness (QED) is 0.917. The van der Waals surface area contributed by atoms with Gasteiger partial charge in [0.25, 0.3) is 0 Å². The van der Waals surface area contributed by atoms with Crippen LogP contribution in [-0.4, -0.2) is 9.78 Å². The minimum absolute atomic E-state index is 0. The van der Waals surface area contributed by atoms with Crippen molar-refractivity contribution in [1.29, 1.82) is 0 Å². The Morgan fingerprint density at radius 2 is 2.06 bits per heavy atom. The van der Waals surface area contributed by atoms with E-state index in [1.54, 1.807) is 17.1 Å². The van der Waals surface area contributed by atoms with Crippen LogP contribution in [0, 0.1) is 11.6 Å². The molecule has 0 spiro atoms. The zero-order chi connectivity index (χ0) is 11.5. The summed E-state index contributed by atoms with van der Waals surface area (Å²) >= 11 is 0. The van der Waals surface area contributed by atoms with Crippen molar-refractivity contribution in [2.24, 2.45) is 5.73 Å². The molecule has 17 heavy (non-hydrogen) atoms. The second-order valence-electron chi connectivity index (χ2n) is 3.49. The van der Waals surface area contributed by atoms with Gasteiger partial charge < -0.3 is 5.73 Å². The van der Waals surface area contributed by atoms with Crippen LogP contribution in [0.25, 0.3) is 0 Å². The van der Waals surface area contributed by atoms with Gasteiger partial charge in [0.2, 0.25) is 0 Å². The smallest absolute Gasteiger partial charge is 0.131 e. The lowest BCUT2D eigenvalue weighted by Crippen LogP contribution is -2.03. The summed E-state index contributed by atoms with van der Waals surface area (Å²) in [6.45, 7) is 0.665. The molecule has 0 fully saturated rings. The first-order valence-corrected chi connectivity index (χ1v) is 4.84. The highest BCUT2D eigenvalue weighted by atomic mass is 35.5. The molecule has 6 heteroatoms. The first kappa shape index (κ1) is 13.6.